The maximum absolute atomic E-state index is 12.7. The highest BCUT2D eigenvalue weighted by Gasteiger charge is 2.31. The van der Waals surface area contributed by atoms with E-state index < -0.39 is 10.0 Å². The quantitative estimate of drug-likeness (QED) is 0.925. The van der Waals surface area contributed by atoms with Crippen LogP contribution in [0.15, 0.2) is 53.4 Å². The Balaban J connectivity index is 1.96. The minimum atomic E-state index is -3.50. The average molecular weight is 302 g/mol. The summed E-state index contributed by atoms with van der Waals surface area (Å²) in [5.41, 5.74) is 9.18. The summed E-state index contributed by atoms with van der Waals surface area (Å²) < 4.78 is 26.9. The van der Waals surface area contributed by atoms with Crippen molar-refractivity contribution in [2.75, 3.05) is 6.54 Å². The number of fused-ring (bicyclic) bond motifs is 1. The largest absolute Gasteiger partial charge is 0.323 e. The molecule has 2 aromatic rings. The van der Waals surface area contributed by atoms with Gasteiger partial charge in [-0.1, -0.05) is 42.0 Å². The van der Waals surface area contributed by atoms with Gasteiger partial charge in [0.2, 0.25) is 10.0 Å². The van der Waals surface area contributed by atoms with E-state index in [1.165, 1.54) is 4.31 Å². The van der Waals surface area contributed by atoms with Gasteiger partial charge < -0.3 is 5.73 Å². The van der Waals surface area contributed by atoms with Gasteiger partial charge in [-0.3, -0.25) is 0 Å². The molecule has 4 nitrogen and oxygen atoms in total. The summed E-state index contributed by atoms with van der Waals surface area (Å²) >= 11 is 0. The van der Waals surface area contributed by atoms with Crippen molar-refractivity contribution in [3.05, 3.63) is 65.2 Å². The zero-order valence-corrected chi connectivity index (χ0v) is 12.7. The number of nitrogens with two attached hydrogens (primary N) is 1. The molecule has 2 aromatic carbocycles. The van der Waals surface area contributed by atoms with Gasteiger partial charge in [-0.05, 0) is 30.2 Å². The molecule has 0 spiro atoms. The van der Waals surface area contributed by atoms with Crippen molar-refractivity contribution in [3.8, 4) is 0 Å². The molecule has 0 saturated carbocycles. The highest BCUT2D eigenvalue weighted by atomic mass is 32.2. The third kappa shape index (κ3) is 2.60. The summed E-state index contributed by atoms with van der Waals surface area (Å²) in [5, 5.41) is 0. The van der Waals surface area contributed by atoms with Crippen molar-refractivity contribution in [3.63, 3.8) is 0 Å². The molecule has 2 N–H and O–H groups in total. The van der Waals surface area contributed by atoms with Crippen LogP contribution in [0.3, 0.4) is 0 Å². The fourth-order valence-electron chi connectivity index (χ4n) is 2.65. The molecule has 1 unspecified atom stereocenters. The van der Waals surface area contributed by atoms with E-state index in [1.807, 2.05) is 43.3 Å². The van der Waals surface area contributed by atoms with Gasteiger partial charge in [0.05, 0.1) is 4.90 Å². The molecule has 21 heavy (non-hydrogen) atoms. The second kappa shape index (κ2) is 5.26. The van der Waals surface area contributed by atoms with Crippen molar-refractivity contribution in [1.82, 2.24) is 4.31 Å². The van der Waals surface area contributed by atoms with Crippen LogP contribution in [0.1, 0.15) is 22.7 Å². The lowest BCUT2D eigenvalue weighted by molar-refractivity contribution is 0.357. The van der Waals surface area contributed by atoms with Crippen molar-refractivity contribution in [2.45, 2.75) is 24.4 Å². The first kappa shape index (κ1) is 14.3. The normalized spacial score (nSPS) is 19.2. The number of sulfonamides is 1. The second-order valence-corrected chi connectivity index (χ2v) is 7.35. The topological polar surface area (TPSA) is 63.4 Å². The minimum absolute atomic E-state index is 0.282. The first-order valence-electron chi connectivity index (χ1n) is 6.89. The van der Waals surface area contributed by atoms with Gasteiger partial charge in [-0.25, -0.2) is 8.42 Å². The van der Waals surface area contributed by atoms with E-state index in [0.29, 0.717) is 18.0 Å². The Kier molecular flexibility index (Phi) is 3.57. The molecule has 0 bridgehead atoms. The first-order valence-corrected chi connectivity index (χ1v) is 8.33. The Labute approximate surface area is 125 Å². The molecule has 1 heterocycles. The summed E-state index contributed by atoms with van der Waals surface area (Å²) in [7, 11) is -3.50. The van der Waals surface area contributed by atoms with Crippen LogP contribution in [-0.2, 0) is 16.6 Å². The molecule has 1 aliphatic rings. The summed E-state index contributed by atoms with van der Waals surface area (Å²) in [6.45, 7) is 2.62. The van der Waals surface area contributed by atoms with E-state index >= 15 is 0 Å². The van der Waals surface area contributed by atoms with Gasteiger partial charge in [0.25, 0.3) is 0 Å². The lowest BCUT2D eigenvalue weighted by atomic mass is 9.98. The first-order chi connectivity index (χ1) is 9.98. The minimum Gasteiger partial charge on any atom is -0.323 e. The van der Waals surface area contributed by atoms with Gasteiger partial charge in [-0.2, -0.15) is 4.31 Å². The molecule has 110 valence electrons. The molecule has 0 saturated heterocycles. The van der Waals surface area contributed by atoms with Gasteiger partial charge >= 0.3 is 0 Å². The monoisotopic (exact) mass is 302 g/mol. The Morgan fingerprint density at radius 1 is 1.10 bits per heavy atom. The number of benzene rings is 2. The van der Waals surface area contributed by atoms with Crippen LogP contribution in [0.5, 0.6) is 0 Å². The maximum atomic E-state index is 12.7. The molecule has 0 radical (unpaired) electrons. The molecular formula is C16H18N2O2S. The third-order valence-corrected chi connectivity index (χ3v) is 5.69. The Bertz CT molecular complexity index is 754. The maximum Gasteiger partial charge on any atom is 0.243 e. The predicted molar refractivity (Wildman–Crippen MR) is 82.1 cm³/mol. The Morgan fingerprint density at radius 3 is 2.48 bits per heavy atom. The second-order valence-electron chi connectivity index (χ2n) is 5.42. The predicted octanol–water partition coefficient (Wildman–Crippen LogP) is 2.20. The fourth-order valence-corrected chi connectivity index (χ4v) is 4.10. The van der Waals surface area contributed by atoms with Gasteiger partial charge in [0.15, 0.2) is 0 Å². The number of rotatable bonds is 2. The average Bonchev–Trinajstić information content (AvgIpc) is 2.47. The highest BCUT2D eigenvalue weighted by molar-refractivity contribution is 7.89. The molecule has 0 amide bonds. The summed E-state index contributed by atoms with van der Waals surface area (Å²) in [4.78, 5) is 0.319. The molecule has 5 heteroatoms. The Hall–Kier alpha value is -1.69. The van der Waals surface area contributed by atoms with Crippen LogP contribution in [0.2, 0.25) is 0 Å². The van der Waals surface area contributed by atoms with Gasteiger partial charge in [0.1, 0.15) is 0 Å². The zero-order chi connectivity index (χ0) is 15.0. The van der Waals surface area contributed by atoms with E-state index in [4.69, 9.17) is 5.73 Å². The molecule has 1 atom stereocenters. The number of aryl methyl sites for hydroxylation is 1. The number of nitrogens with zero attached hydrogens (tertiary/aromatic N) is 1. The van der Waals surface area contributed by atoms with E-state index in [-0.39, 0.29) is 6.04 Å². The lowest BCUT2D eigenvalue weighted by Gasteiger charge is -2.32. The van der Waals surface area contributed by atoms with E-state index in [1.54, 1.807) is 12.1 Å². The third-order valence-electron chi connectivity index (χ3n) is 3.86. The molecule has 1 aliphatic heterocycles. The van der Waals surface area contributed by atoms with Crippen molar-refractivity contribution in [2.24, 2.45) is 5.73 Å². The van der Waals surface area contributed by atoms with Crippen LogP contribution < -0.4 is 5.73 Å². The van der Waals surface area contributed by atoms with E-state index in [9.17, 15) is 8.42 Å². The standard InChI is InChI=1S/C16H18N2O2S/c1-12-6-8-14(9-7-12)21(19,20)18-10-13-4-2-3-5-15(13)16(17)11-18/h2-9,16H,10-11,17H2,1H3. The molecule has 0 aromatic heterocycles. The van der Waals surface area contributed by atoms with Crippen LogP contribution in [0.25, 0.3) is 0 Å². The SMILES string of the molecule is Cc1ccc(S(=O)(=O)N2Cc3ccccc3C(N)C2)cc1. The highest BCUT2D eigenvalue weighted by Crippen LogP contribution is 2.29. The molecular weight excluding hydrogens is 284 g/mol. The van der Waals surface area contributed by atoms with Crippen molar-refractivity contribution in [1.29, 1.82) is 0 Å². The van der Waals surface area contributed by atoms with Crippen molar-refractivity contribution < 1.29 is 8.42 Å². The number of hydrogen-bond acceptors (Lipinski definition) is 3. The smallest absolute Gasteiger partial charge is 0.243 e. The van der Waals surface area contributed by atoms with Crippen molar-refractivity contribution >= 4 is 10.0 Å². The lowest BCUT2D eigenvalue weighted by Crippen LogP contribution is -2.40. The van der Waals surface area contributed by atoms with Crippen LogP contribution in [-0.4, -0.2) is 19.3 Å². The van der Waals surface area contributed by atoms with E-state index in [2.05, 4.69) is 0 Å². The van der Waals surface area contributed by atoms with Crippen LogP contribution in [0.4, 0.5) is 0 Å². The van der Waals surface area contributed by atoms with Gasteiger partial charge in [0, 0.05) is 19.1 Å². The molecule has 3 rings (SSSR count). The van der Waals surface area contributed by atoms with Crippen LogP contribution >= 0.6 is 0 Å². The van der Waals surface area contributed by atoms with Gasteiger partial charge in [-0.15, -0.1) is 0 Å². The summed E-state index contributed by atoms with van der Waals surface area (Å²) in [5.74, 6) is 0. The molecule has 0 fully saturated rings. The summed E-state index contributed by atoms with van der Waals surface area (Å²) in [6, 6.07) is 14.4. The van der Waals surface area contributed by atoms with Crippen LogP contribution in [0, 0.1) is 6.92 Å². The Morgan fingerprint density at radius 2 is 1.76 bits per heavy atom. The fraction of sp³-hybridized carbons (Fsp3) is 0.250. The zero-order valence-electron chi connectivity index (χ0n) is 11.9. The van der Waals surface area contributed by atoms with E-state index in [0.717, 1.165) is 16.7 Å². The molecule has 0 aliphatic carbocycles. The summed E-state index contributed by atoms with van der Waals surface area (Å²) in [6.07, 6.45) is 0. The number of hydrogen-bond donors (Lipinski definition) is 1.